The third-order valence-electron chi connectivity index (χ3n) is 5.73. The normalized spacial score (nSPS) is 18.8. The number of aryl methyl sites for hydroxylation is 2. The molecule has 0 amide bonds. The fourth-order valence-corrected chi connectivity index (χ4v) is 4.58. The van der Waals surface area contributed by atoms with Gasteiger partial charge < -0.3 is 10.2 Å². The van der Waals surface area contributed by atoms with E-state index in [2.05, 4.69) is 21.3 Å². The Morgan fingerprint density at radius 2 is 1.34 bits per heavy atom. The maximum absolute atomic E-state index is 10.5. The van der Waals surface area contributed by atoms with Gasteiger partial charge in [0.25, 0.3) is 20.2 Å². The molecule has 0 aliphatic carbocycles. The van der Waals surface area contributed by atoms with Crippen LogP contribution in [0.15, 0.2) is 82.8 Å². The van der Waals surface area contributed by atoms with Crippen LogP contribution in [-0.2, 0) is 20.2 Å². The molecule has 0 radical (unpaired) electrons. The van der Waals surface area contributed by atoms with Gasteiger partial charge in [-0.1, -0.05) is 35.4 Å². The summed E-state index contributed by atoms with van der Waals surface area (Å²) < 4.78 is 59.1. The predicted octanol–water partition coefficient (Wildman–Crippen LogP) is 2.97. The minimum Gasteiger partial charge on any atom is -0.368 e. The molecule has 0 unspecified atom stereocenters. The third kappa shape index (κ3) is 7.84. The van der Waals surface area contributed by atoms with Crippen molar-refractivity contribution in [3.63, 3.8) is 0 Å². The van der Waals surface area contributed by atoms with Crippen LogP contribution < -0.4 is 10.2 Å². The Hall–Kier alpha value is -2.83. The van der Waals surface area contributed by atoms with Gasteiger partial charge in [-0.25, -0.2) is 0 Å². The minimum atomic E-state index is -4.02. The van der Waals surface area contributed by atoms with Crippen molar-refractivity contribution < 1.29 is 25.9 Å². The quantitative estimate of drug-likeness (QED) is 0.446. The zero-order chi connectivity index (χ0) is 25.6. The van der Waals surface area contributed by atoms with E-state index >= 15 is 0 Å². The standard InChI is InChI=1S/C10H13N3.2C7H8O3S/c1-2-9(5-11-3-1)13-6-8-4-12-10(8)7-13;2*1-6-2-4-7(5-3-6)11(8,9)10/h1-3,5,8,10,12H,4,6-7H2;2*2-5H,1H3,(H,8,9,10)/t8-,10+;;/m1../s1. The molecule has 2 aliphatic rings. The largest absolute Gasteiger partial charge is 0.368 e. The van der Waals surface area contributed by atoms with Gasteiger partial charge in [0.1, 0.15) is 0 Å². The Labute approximate surface area is 206 Å². The summed E-state index contributed by atoms with van der Waals surface area (Å²) >= 11 is 0. The van der Waals surface area contributed by atoms with E-state index in [0.29, 0.717) is 0 Å². The number of rotatable bonds is 3. The van der Waals surface area contributed by atoms with Crippen molar-refractivity contribution in [2.24, 2.45) is 5.92 Å². The Balaban J connectivity index is 0.000000148. The van der Waals surface area contributed by atoms with Gasteiger partial charge in [0, 0.05) is 37.8 Å². The molecule has 3 N–H and O–H groups in total. The average molecular weight is 520 g/mol. The summed E-state index contributed by atoms with van der Waals surface area (Å²) in [6.07, 6.45) is 3.77. The average Bonchev–Trinajstić information content (AvgIpc) is 3.09. The molecule has 1 aromatic heterocycles. The molecule has 3 heterocycles. The second-order valence-corrected chi connectivity index (χ2v) is 11.3. The Bertz CT molecular complexity index is 1230. The lowest BCUT2D eigenvalue weighted by atomic mass is 9.96. The van der Waals surface area contributed by atoms with Crippen LogP contribution in [0.25, 0.3) is 0 Å². The van der Waals surface area contributed by atoms with Gasteiger partial charge in [-0.3, -0.25) is 14.1 Å². The van der Waals surface area contributed by atoms with Gasteiger partial charge >= 0.3 is 0 Å². The molecule has 2 atom stereocenters. The van der Waals surface area contributed by atoms with E-state index in [-0.39, 0.29) is 9.79 Å². The molecule has 3 aromatic rings. The van der Waals surface area contributed by atoms with Crippen molar-refractivity contribution in [3.8, 4) is 0 Å². The van der Waals surface area contributed by atoms with Crippen LogP contribution in [0.2, 0.25) is 0 Å². The first-order chi connectivity index (χ1) is 16.4. The van der Waals surface area contributed by atoms with E-state index < -0.39 is 20.2 Å². The topological polar surface area (TPSA) is 137 Å². The first-order valence-electron chi connectivity index (χ1n) is 10.9. The van der Waals surface area contributed by atoms with Crippen molar-refractivity contribution in [2.75, 3.05) is 24.5 Å². The number of fused-ring (bicyclic) bond motifs is 1. The molecule has 2 aromatic carbocycles. The summed E-state index contributed by atoms with van der Waals surface area (Å²) in [5.41, 5.74) is 3.17. The van der Waals surface area contributed by atoms with E-state index in [1.165, 1.54) is 43.0 Å². The van der Waals surface area contributed by atoms with Crippen molar-refractivity contribution in [1.29, 1.82) is 0 Å². The van der Waals surface area contributed by atoms with Gasteiger partial charge in [-0.05, 0) is 50.2 Å². The lowest BCUT2D eigenvalue weighted by Gasteiger charge is -2.29. The second kappa shape index (κ2) is 11.3. The van der Waals surface area contributed by atoms with Crippen LogP contribution in [0.5, 0.6) is 0 Å². The van der Waals surface area contributed by atoms with Crippen LogP contribution in [0.1, 0.15) is 11.1 Å². The van der Waals surface area contributed by atoms with E-state index in [1.807, 2.05) is 32.3 Å². The summed E-state index contributed by atoms with van der Waals surface area (Å²) in [7, 11) is -8.04. The van der Waals surface area contributed by atoms with Crippen LogP contribution in [0.4, 0.5) is 5.69 Å². The van der Waals surface area contributed by atoms with Crippen LogP contribution in [0.3, 0.4) is 0 Å². The molecule has 2 fully saturated rings. The third-order valence-corrected chi connectivity index (χ3v) is 7.47. The maximum atomic E-state index is 10.5. The molecule has 11 heteroatoms. The number of benzene rings is 2. The molecule has 0 spiro atoms. The molecule has 2 saturated heterocycles. The zero-order valence-electron chi connectivity index (χ0n) is 19.4. The first-order valence-corrected chi connectivity index (χ1v) is 13.8. The maximum Gasteiger partial charge on any atom is 0.294 e. The fourth-order valence-electron chi connectivity index (χ4n) is 3.62. The summed E-state index contributed by atoms with van der Waals surface area (Å²) in [5, 5.41) is 3.45. The number of pyridine rings is 1. The van der Waals surface area contributed by atoms with Crippen LogP contribution in [0, 0.1) is 19.8 Å². The van der Waals surface area contributed by atoms with E-state index in [1.54, 1.807) is 24.3 Å². The van der Waals surface area contributed by atoms with Gasteiger partial charge in [0.05, 0.1) is 21.7 Å². The molecule has 35 heavy (non-hydrogen) atoms. The summed E-state index contributed by atoms with van der Waals surface area (Å²) in [6.45, 7) is 7.22. The van der Waals surface area contributed by atoms with Crippen LogP contribution >= 0.6 is 0 Å². The highest BCUT2D eigenvalue weighted by Crippen LogP contribution is 2.27. The van der Waals surface area contributed by atoms with Crippen LogP contribution in [-0.4, -0.2) is 56.6 Å². The number of nitrogens with one attached hydrogen (secondary N) is 1. The number of aromatic nitrogens is 1. The van der Waals surface area contributed by atoms with Gasteiger partial charge in [0.15, 0.2) is 0 Å². The molecule has 5 rings (SSSR count). The highest BCUT2D eigenvalue weighted by Gasteiger charge is 2.38. The lowest BCUT2D eigenvalue weighted by molar-refractivity contribution is 0.297. The van der Waals surface area contributed by atoms with E-state index in [9.17, 15) is 16.8 Å². The predicted molar refractivity (Wildman–Crippen MR) is 134 cm³/mol. The highest BCUT2D eigenvalue weighted by atomic mass is 32.2. The van der Waals surface area contributed by atoms with Gasteiger partial charge in [-0.2, -0.15) is 16.8 Å². The summed E-state index contributed by atoms with van der Waals surface area (Å²) in [6, 6.07) is 16.9. The van der Waals surface area contributed by atoms with Gasteiger partial charge in [0.2, 0.25) is 0 Å². The smallest absolute Gasteiger partial charge is 0.294 e. The van der Waals surface area contributed by atoms with E-state index in [4.69, 9.17) is 9.11 Å². The molecule has 0 saturated carbocycles. The number of hydrogen-bond donors (Lipinski definition) is 3. The molecular weight excluding hydrogens is 490 g/mol. The Morgan fingerprint density at radius 3 is 1.66 bits per heavy atom. The molecular formula is C24H29N3O6S2. The lowest BCUT2D eigenvalue weighted by Crippen LogP contribution is -2.51. The molecule has 188 valence electrons. The first kappa shape index (κ1) is 26.8. The SMILES string of the molecule is Cc1ccc(S(=O)(=O)O)cc1.Cc1ccc(S(=O)(=O)O)cc1.c1cncc(N2C[C@H]3CN[C@H]3C2)c1. The monoisotopic (exact) mass is 519 g/mol. The highest BCUT2D eigenvalue weighted by molar-refractivity contribution is 7.86. The van der Waals surface area contributed by atoms with Crippen molar-refractivity contribution in [1.82, 2.24) is 10.3 Å². The number of hydrogen-bond acceptors (Lipinski definition) is 7. The number of nitrogens with zero attached hydrogens (tertiary/aromatic N) is 2. The fraction of sp³-hybridized carbons (Fsp3) is 0.292. The molecule has 9 nitrogen and oxygen atoms in total. The molecule has 2 aliphatic heterocycles. The number of anilines is 1. The summed E-state index contributed by atoms with van der Waals surface area (Å²) in [5.74, 6) is 0.875. The van der Waals surface area contributed by atoms with Crippen molar-refractivity contribution in [2.45, 2.75) is 29.7 Å². The van der Waals surface area contributed by atoms with E-state index in [0.717, 1.165) is 29.6 Å². The van der Waals surface area contributed by atoms with Crippen molar-refractivity contribution in [3.05, 3.63) is 84.2 Å². The molecule has 0 bridgehead atoms. The summed E-state index contributed by atoms with van der Waals surface area (Å²) in [4.78, 5) is 6.42. The Morgan fingerprint density at radius 1 is 0.829 bits per heavy atom. The van der Waals surface area contributed by atoms with Gasteiger partial charge in [-0.15, -0.1) is 0 Å². The Kier molecular flexibility index (Phi) is 8.62. The van der Waals surface area contributed by atoms with Crippen molar-refractivity contribution >= 4 is 25.9 Å². The second-order valence-electron chi connectivity index (χ2n) is 8.47. The minimum absolute atomic E-state index is 0.0666. The zero-order valence-corrected chi connectivity index (χ0v) is 21.1.